The van der Waals surface area contributed by atoms with E-state index in [-0.39, 0.29) is 5.75 Å². The molecule has 0 saturated carbocycles. The van der Waals surface area contributed by atoms with Gasteiger partial charge in [-0.1, -0.05) is 29.8 Å². The Morgan fingerprint density at radius 1 is 1.12 bits per heavy atom. The van der Waals surface area contributed by atoms with Gasteiger partial charge >= 0.3 is 0 Å². The van der Waals surface area contributed by atoms with Gasteiger partial charge in [0.1, 0.15) is 11.5 Å². The zero-order chi connectivity index (χ0) is 12.3. The van der Waals surface area contributed by atoms with Crippen molar-refractivity contribution in [3.05, 3.63) is 47.5 Å². The van der Waals surface area contributed by atoms with Crippen molar-refractivity contribution >= 4 is 11.6 Å². The monoisotopic (exact) mass is 248 g/mol. The minimum Gasteiger partial charge on any atom is -0.507 e. The van der Waals surface area contributed by atoms with Crippen LogP contribution in [-0.2, 0) is 0 Å². The number of phenolic OH excluding ortho intramolecular Hbond substituents is 1. The third-order valence-electron chi connectivity index (χ3n) is 2.44. The molecular weight excluding hydrogens is 236 g/mol. The molecule has 0 aliphatic rings. The van der Waals surface area contributed by atoms with Crippen molar-refractivity contribution in [3.63, 3.8) is 0 Å². The van der Waals surface area contributed by atoms with Crippen LogP contribution in [0, 0.1) is 0 Å². The zero-order valence-electron chi connectivity index (χ0n) is 9.48. The van der Waals surface area contributed by atoms with Gasteiger partial charge in [0, 0.05) is 16.1 Å². The lowest BCUT2D eigenvalue weighted by molar-refractivity contribution is 0.341. The van der Waals surface area contributed by atoms with Crippen molar-refractivity contribution in [2.24, 2.45) is 0 Å². The van der Waals surface area contributed by atoms with Crippen molar-refractivity contribution in [1.82, 2.24) is 0 Å². The molecule has 2 rings (SSSR count). The minimum absolute atomic E-state index is 0.196. The van der Waals surface area contributed by atoms with Gasteiger partial charge in [0.15, 0.2) is 0 Å². The molecule has 17 heavy (non-hydrogen) atoms. The van der Waals surface area contributed by atoms with Crippen LogP contribution in [0.15, 0.2) is 42.5 Å². The molecule has 0 aliphatic heterocycles. The van der Waals surface area contributed by atoms with Gasteiger partial charge in [-0.05, 0) is 31.2 Å². The van der Waals surface area contributed by atoms with Gasteiger partial charge in [-0.2, -0.15) is 0 Å². The van der Waals surface area contributed by atoms with Gasteiger partial charge in [0.05, 0.1) is 6.61 Å². The third kappa shape index (κ3) is 2.53. The first-order valence-electron chi connectivity index (χ1n) is 5.43. The molecule has 3 heteroatoms. The maximum Gasteiger partial charge on any atom is 0.127 e. The number of rotatable bonds is 3. The van der Waals surface area contributed by atoms with Crippen LogP contribution in [0.1, 0.15) is 6.92 Å². The fourth-order valence-electron chi connectivity index (χ4n) is 1.69. The van der Waals surface area contributed by atoms with E-state index in [1.807, 2.05) is 31.2 Å². The molecule has 0 aromatic heterocycles. The smallest absolute Gasteiger partial charge is 0.127 e. The van der Waals surface area contributed by atoms with Crippen molar-refractivity contribution in [1.29, 1.82) is 0 Å². The molecule has 2 aromatic rings. The van der Waals surface area contributed by atoms with Crippen molar-refractivity contribution in [3.8, 4) is 22.6 Å². The first-order valence-corrected chi connectivity index (χ1v) is 5.81. The number of aromatic hydroxyl groups is 1. The lowest BCUT2D eigenvalue weighted by Crippen LogP contribution is -1.93. The van der Waals surface area contributed by atoms with E-state index in [2.05, 4.69) is 0 Å². The highest BCUT2D eigenvalue weighted by atomic mass is 35.5. The molecule has 0 radical (unpaired) electrons. The molecular formula is C14H13ClO2. The fourth-order valence-corrected chi connectivity index (χ4v) is 1.87. The predicted molar refractivity (Wildman–Crippen MR) is 69.7 cm³/mol. The first kappa shape index (κ1) is 11.8. The predicted octanol–water partition coefficient (Wildman–Crippen LogP) is 4.11. The maximum absolute atomic E-state index is 9.87. The second kappa shape index (κ2) is 5.11. The molecule has 1 N–H and O–H groups in total. The van der Waals surface area contributed by atoms with Crippen LogP contribution in [0.5, 0.6) is 11.5 Å². The topological polar surface area (TPSA) is 29.5 Å². The fraction of sp³-hybridized carbons (Fsp3) is 0.143. The zero-order valence-corrected chi connectivity index (χ0v) is 10.2. The Labute approximate surface area is 105 Å². The quantitative estimate of drug-likeness (QED) is 0.886. The lowest BCUT2D eigenvalue weighted by atomic mass is 10.0. The molecule has 0 saturated heterocycles. The van der Waals surface area contributed by atoms with E-state index in [1.165, 1.54) is 0 Å². The van der Waals surface area contributed by atoms with Crippen LogP contribution in [0.2, 0.25) is 5.02 Å². The Morgan fingerprint density at radius 2 is 1.88 bits per heavy atom. The number of ether oxygens (including phenoxy) is 1. The second-order valence-corrected chi connectivity index (χ2v) is 4.03. The summed E-state index contributed by atoms with van der Waals surface area (Å²) in [6, 6.07) is 12.5. The summed E-state index contributed by atoms with van der Waals surface area (Å²) in [5.74, 6) is 0.939. The molecule has 88 valence electrons. The number of halogens is 1. The van der Waals surface area contributed by atoms with Gasteiger partial charge < -0.3 is 9.84 Å². The van der Waals surface area contributed by atoms with Gasteiger partial charge in [-0.15, -0.1) is 0 Å². The Balaban J connectivity index is 2.55. The number of hydrogen-bond donors (Lipinski definition) is 1. The number of para-hydroxylation sites is 1. The van der Waals surface area contributed by atoms with E-state index < -0.39 is 0 Å². The largest absolute Gasteiger partial charge is 0.507 e. The molecule has 0 heterocycles. The summed E-state index contributed by atoms with van der Waals surface area (Å²) in [6.07, 6.45) is 0. The third-order valence-corrected chi connectivity index (χ3v) is 2.67. The van der Waals surface area contributed by atoms with Crippen LogP contribution in [0.25, 0.3) is 11.1 Å². The molecule has 0 atom stereocenters. The summed E-state index contributed by atoms with van der Waals surface area (Å²) in [5, 5.41) is 10.5. The lowest BCUT2D eigenvalue weighted by Gasteiger charge is -2.11. The summed E-state index contributed by atoms with van der Waals surface area (Å²) < 4.78 is 5.53. The molecule has 0 fully saturated rings. The van der Waals surface area contributed by atoms with Gasteiger partial charge in [-0.3, -0.25) is 0 Å². The van der Waals surface area contributed by atoms with Crippen LogP contribution in [-0.4, -0.2) is 11.7 Å². The van der Waals surface area contributed by atoms with Crippen molar-refractivity contribution < 1.29 is 9.84 Å². The molecule has 2 aromatic carbocycles. The number of benzene rings is 2. The van der Waals surface area contributed by atoms with Crippen molar-refractivity contribution in [2.45, 2.75) is 6.92 Å². The van der Waals surface area contributed by atoms with Gasteiger partial charge in [0.25, 0.3) is 0 Å². The van der Waals surface area contributed by atoms with Crippen LogP contribution in [0.4, 0.5) is 0 Å². The first-order chi connectivity index (χ1) is 8.22. The summed E-state index contributed by atoms with van der Waals surface area (Å²) in [6.45, 7) is 2.51. The molecule has 2 nitrogen and oxygen atoms in total. The summed E-state index contributed by atoms with van der Waals surface area (Å²) >= 11 is 5.94. The van der Waals surface area contributed by atoms with E-state index in [0.29, 0.717) is 17.2 Å². The normalized spacial score (nSPS) is 10.2. The Hall–Kier alpha value is -1.67. The van der Waals surface area contributed by atoms with E-state index in [4.69, 9.17) is 16.3 Å². The number of hydrogen-bond acceptors (Lipinski definition) is 2. The summed E-state index contributed by atoms with van der Waals surface area (Å²) in [5.41, 5.74) is 1.52. The van der Waals surface area contributed by atoms with Crippen LogP contribution >= 0.6 is 11.6 Å². The van der Waals surface area contributed by atoms with Gasteiger partial charge in [0.2, 0.25) is 0 Å². The average molecular weight is 249 g/mol. The highest BCUT2D eigenvalue weighted by molar-refractivity contribution is 6.31. The minimum atomic E-state index is 0.196. The second-order valence-electron chi connectivity index (χ2n) is 3.59. The number of phenols is 1. The van der Waals surface area contributed by atoms with Crippen LogP contribution < -0.4 is 4.74 Å². The Bertz CT molecular complexity index is 523. The van der Waals surface area contributed by atoms with Crippen molar-refractivity contribution in [2.75, 3.05) is 6.61 Å². The Morgan fingerprint density at radius 3 is 2.65 bits per heavy atom. The summed E-state index contributed by atoms with van der Waals surface area (Å²) in [4.78, 5) is 0. The maximum atomic E-state index is 9.87. The highest BCUT2D eigenvalue weighted by Crippen LogP contribution is 2.37. The molecule has 0 bridgehead atoms. The average Bonchev–Trinajstić information content (AvgIpc) is 2.34. The molecule has 0 spiro atoms. The highest BCUT2D eigenvalue weighted by Gasteiger charge is 2.10. The Kier molecular flexibility index (Phi) is 3.55. The van der Waals surface area contributed by atoms with E-state index >= 15 is 0 Å². The SMILES string of the molecule is CCOc1ccccc1-c1cc(Cl)ccc1O. The summed E-state index contributed by atoms with van der Waals surface area (Å²) in [7, 11) is 0. The molecule has 0 amide bonds. The van der Waals surface area contributed by atoms with Crippen LogP contribution in [0.3, 0.4) is 0 Å². The molecule has 0 aliphatic carbocycles. The van der Waals surface area contributed by atoms with E-state index in [1.54, 1.807) is 18.2 Å². The molecule has 0 unspecified atom stereocenters. The van der Waals surface area contributed by atoms with E-state index in [0.717, 1.165) is 11.3 Å². The standard InChI is InChI=1S/C14H13ClO2/c1-2-17-14-6-4-3-5-11(14)12-9-10(15)7-8-13(12)16/h3-9,16H,2H2,1H3. The van der Waals surface area contributed by atoms with Gasteiger partial charge in [-0.25, -0.2) is 0 Å². The van der Waals surface area contributed by atoms with E-state index in [9.17, 15) is 5.11 Å².